The topological polar surface area (TPSA) is 92.5 Å². The summed E-state index contributed by atoms with van der Waals surface area (Å²) in [5.74, 6) is 0.806. The molecule has 1 aromatic carbocycles. The molecule has 3 aromatic rings. The fourth-order valence-corrected chi connectivity index (χ4v) is 3.34. The van der Waals surface area contributed by atoms with Crippen LogP contribution in [0.5, 0.6) is 0 Å². The van der Waals surface area contributed by atoms with Crippen molar-refractivity contribution in [1.82, 2.24) is 14.5 Å². The van der Waals surface area contributed by atoms with Crippen LogP contribution in [-0.4, -0.2) is 58.2 Å². The van der Waals surface area contributed by atoms with Crippen molar-refractivity contribution < 1.29 is 27.8 Å². The number of nitrogens with zero attached hydrogens (tertiary/aromatic N) is 4. The van der Waals surface area contributed by atoms with Crippen LogP contribution in [-0.2, 0) is 11.3 Å². The smallest absolute Gasteiger partial charge is 0.409 e. The van der Waals surface area contributed by atoms with E-state index >= 15 is 0 Å². The Morgan fingerprint density at radius 1 is 1.13 bits per heavy atom. The SMILES string of the molecule is O=C(O)Nc1ccc(-c2nc(N3CCOCC3)c3ccn(CC(F)(F)F)c3n2)cc1. The van der Waals surface area contributed by atoms with E-state index in [9.17, 15) is 18.0 Å². The minimum Gasteiger partial charge on any atom is -0.465 e. The highest BCUT2D eigenvalue weighted by atomic mass is 19.4. The largest absolute Gasteiger partial charge is 0.465 e. The lowest BCUT2D eigenvalue weighted by Crippen LogP contribution is -2.37. The number of fused-ring (bicyclic) bond motifs is 1. The van der Waals surface area contributed by atoms with Gasteiger partial charge in [0, 0.05) is 30.5 Å². The third kappa shape index (κ3) is 4.30. The molecule has 0 aliphatic carbocycles. The Kier molecular flexibility index (Phi) is 5.20. The van der Waals surface area contributed by atoms with Gasteiger partial charge in [-0.1, -0.05) is 0 Å². The molecule has 0 radical (unpaired) electrons. The van der Waals surface area contributed by atoms with Gasteiger partial charge in [0.2, 0.25) is 0 Å². The summed E-state index contributed by atoms with van der Waals surface area (Å²) < 4.78 is 45.5. The zero-order valence-corrected chi connectivity index (χ0v) is 15.7. The van der Waals surface area contributed by atoms with Gasteiger partial charge in [0.15, 0.2) is 5.82 Å². The van der Waals surface area contributed by atoms with Gasteiger partial charge in [-0.05, 0) is 30.3 Å². The number of aromatic nitrogens is 3. The fraction of sp³-hybridized carbons (Fsp3) is 0.316. The van der Waals surface area contributed by atoms with Crippen molar-refractivity contribution in [2.75, 3.05) is 36.5 Å². The summed E-state index contributed by atoms with van der Waals surface area (Å²) in [7, 11) is 0. The Morgan fingerprint density at radius 2 is 1.83 bits per heavy atom. The number of alkyl halides is 3. The number of hydrogen-bond acceptors (Lipinski definition) is 5. The number of carbonyl (C=O) groups is 1. The lowest BCUT2D eigenvalue weighted by molar-refractivity contribution is -0.139. The Morgan fingerprint density at radius 3 is 2.47 bits per heavy atom. The van der Waals surface area contributed by atoms with Crippen molar-refractivity contribution in [2.24, 2.45) is 0 Å². The number of halogens is 3. The number of rotatable bonds is 4. The number of hydrogen-bond donors (Lipinski definition) is 2. The molecular formula is C19H18F3N5O3. The van der Waals surface area contributed by atoms with Crippen LogP contribution in [0.4, 0.5) is 29.5 Å². The van der Waals surface area contributed by atoms with E-state index in [1.54, 1.807) is 30.3 Å². The predicted molar refractivity (Wildman–Crippen MR) is 104 cm³/mol. The zero-order valence-electron chi connectivity index (χ0n) is 15.7. The average Bonchev–Trinajstić information content (AvgIpc) is 3.09. The number of ether oxygens (including phenoxy) is 1. The van der Waals surface area contributed by atoms with Crippen LogP contribution in [0.2, 0.25) is 0 Å². The third-order valence-electron chi connectivity index (χ3n) is 4.65. The molecule has 0 bridgehead atoms. The zero-order chi connectivity index (χ0) is 21.3. The first-order chi connectivity index (χ1) is 14.3. The van der Waals surface area contributed by atoms with Crippen molar-refractivity contribution >= 4 is 28.6 Å². The van der Waals surface area contributed by atoms with Crippen molar-refractivity contribution in [1.29, 1.82) is 0 Å². The second-order valence-electron chi connectivity index (χ2n) is 6.77. The Bertz CT molecular complexity index is 1060. The average molecular weight is 421 g/mol. The van der Waals surface area contributed by atoms with Gasteiger partial charge in [-0.3, -0.25) is 5.32 Å². The molecule has 2 aromatic heterocycles. The van der Waals surface area contributed by atoms with Crippen LogP contribution in [0, 0.1) is 0 Å². The maximum atomic E-state index is 13.0. The predicted octanol–water partition coefficient (Wildman–Crippen LogP) is 3.59. The molecule has 0 saturated carbocycles. The normalized spacial score (nSPS) is 14.8. The number of nitrogens with one attached hydrogen (secondary N) is 1. The first-order valence-corrected chi connectivity index (χ1v) is 9.17. The summed E-state index contributed by atoms with van der Waals surface area (Å²) in [4.78, 5) is 21.7. The van der Waals surface area contributed by atoms with Crippen LogP contribution in [0.15, 0.2) is 36.5 Å². The Hall–Kier alpha value is -3.34. The second kappa shape index (κ2) is 7.82. The van der Waals surface area contributed by atoms with E-state index in [1.807, 2.05) is 4.90 Å². The first-order valence-electron chi connectivity index (χ1n) is 9.17. The highest BCUT2D eigenvalue weighted by Crippen LogP contribution is 2.31. The molecule has 0 atom stereocenters. The fourth-order valence-electron chi connectivity index (χ4n) is 3.34. The molecule has 1 fully saturated rings. The van der Waals surface area contributed by atoms with Gasteiger partial charge in [-0.2, -0.15) is 13.2 Å². The van der Waals surface area contributed by atoms with Crippen molar-refractivity contribution in [2.45, 2.75) is 12.7 Å². The molecule has 158 valence electrons. The van der Waals surface area contributed by atoms with Crippen LogP contribution >= 0.6 is 0 Å². The van der Waals surface area contributed by atoms with E-state index in [0.717, 1.165) is 4.57 Å². The van der Waals surface area contributed by atoms with Crippen molar-refractivity contribution in [3.63, 3.8) is 0 Å². The van der Waals surface area contributed by atoms with Gasteiger partial charge in [-0.25, -0.2) is 14.8 Å². The highest BCUT2D eigenvalue weighted by molar-refractivity contribution is 5.90. The van der Waals surface area contributed by atoms with Crippen molar-refractivity contribution in [3.05, 3.63) is 36.5 Å². The van der Waals surface area contributed by atoms with Gasteiger partial charge in [0.1, 0.15) is 18.0 Å². The minimum absolute atomic E-state index is 0.187. The summed E-state index contributed by atoms with van der Waals surface area (Å²) in [6.07, 6.45) is -4.22. The maximum Gasteiger partial charge on any atom is 0.409 e. The lowest BCUT2D eigenvalue weighted by Gasteiger charge is -2.28. The molecule has 1 aliphatic rings. The van der Waals surface area contributed by atoms with Crippen LogP contribution in [0.3, 0.4) is 0 Å². The molecule has 1 saturated heterocycles. The molecule has 1 aliphatic heterocycles. The molecule has 1 amide bonds. The van der Waals surface area contributed by atoms with Crippen molar-refractivity contribution in [3.8, 4) is 11.4 Å². The quantitative estimate of drug-likeness (QED) is 0.669. The molecule has 4 rings (SSSR count). The Balaban J connectivity index is 1.80. The number of anilines is 2. The Labute approximate surface area is 168 Å². The lowest BCUT2D eigenvalue weighted by atomic mass is 10.2. The molecule has 0 unspecified atom stereocenters. The van der Waals surface area contributed by atoms with E-state index in [0.29, 0.717) is 48.8 Å². The number of amides is 1. The summed E-state index contributed by atoms with van der Waals surface area (Å²) in [5.41, 5.74) is 1.11. The number of carboxylic acid groups (broad SMARTS) is 1. The first kappa shape index (κ1) is 20.0. The van der Waals surface area contributed by atoms with Gasteiger partial charge in [0.25, 0.3) is 0 Å². The van der Waals surface area contributed by atoms with E-state index in [1.165, 1.54) is 6.20 Å². The van der Waals surface area contributed by atoms with E-state index < -0.39 is 18.8 Å². The molecule has 3 heterocycles. The van der Waals surface area contributed by atoms with E-state index in [4.69, 9.17) is 9.84 Å². The highest BCUT2D eigenvalue weighted by Gasteiger charge is 2.29. The van der Waals surface area contributed by atoms with Gasteiger partial charge >= 0.3 is 12.3 Å². The standard InChI is InChI=1S/C19H18F3N5O3/c20-19(21,22)11-27-6-5-14-16(26-7-9-30-10-8-26)24-15(25-17(14)27)12-1-3-13(4-2-12)23-18(28)29/h1-6,23H,7-11H2,(H,28,29). The molecule has 2 N–H and O–H groups in total. The monoisotopic (exact) mass is 421 g/mol. The van der Waals surface area contributed by atoms with Crippen LogP contribution < -0.4 is 10.2 Å². The molecular weight excluding hydrogens is 403 g/mol. The summed E-state index contributed by atoms with van der Waals surface area (Å²) >= 11 is 0. The summed E-state index contributed by atoms with van der Waals surface area (Å²) in [6.45, 7) is 0.977. The number of benzene rings is 1. The number of morpholine rings is 1. The molecule has 11 heteroatoms. The molecule has 30 heavy (non-hydrogen) atoms. The van der Waals surface area contributed by atoms with Crippen LogP contribution in [0.25, 0.3) is 22.4 Å². The second-order valence-corrected chi connectivity index (χ2v) is 6.77. The maximum absolute atomic E-state index is 13.0. The van der Waals surface area contributed by atoms with E-state index in [2.05, 4.69) is 15.3 Å². The van der Waals surface area contributed by atoms with Gasteiger partial charge in [-0.15, -0.1) is 0 Å². The van der Waals surface area contributed by atoms with Gasteiger partial charge < -0.3 is 19.3 Å². The summed E-state index contributed by atoms with van der Waals surface area (Å²) in [6, 6.07) is 7.91. The minimum atomic E-state index is -4.39. The molecule has 8 nitrogen and oxygen atoms in total. The van der Waals surface area contributed by atoms with Gasteiger partial charge in [0.05, 0.1) is 18.6 Å². The molecule has 0 spiro atoms. The van der Waals surface area contributed by atoms with E-state index in [-0.39, 0.29) is 11.5 Å². The van der Waals surface area contributed by atoms with Crippen LogP contribution in [0.1, 0.15) is 0 Å². The summed E-state index contributed by atoms with van der Waals surface area (Å²) in [5, 5.41) is 11.6. The third-order valence-corrected chi connectivity index (χ3v) is 4.65.